The number of benzene rings is 3. The normalized spacial score (nSPS) is 10.7. The van der Waals surface area contributed by atoms with E-state index in [1.54, 1.807) is 36.0 Å². The quantitative estimate of drug-likeness (QED) is 0.278. The van der Waals surface area contributed by atoms with Gasteiger partial charge in [-0.25, -0.2) is 9.78 Å². The Morgan fingerprint density at radius 1 is 1.00 bits per heavy atom. The Morgan fingerprint density at radius 3 is 2.59 bits per heavy atom. The number of fused-ring (bicyclic) bond motifs is 1. The smallest absolute Gasteiger partial charge is 0.339 e. The monoisotopic (exact) mass is 462 g/mol. The van der Waals surface area contributed by atoms with E-state index in [0.717, 1.165) is 4.90 Å². The number of carbonyl (C=O) groups excluding carboxylic acids is 2. The van der Waals surface area contributed by atoms with Crippen LogP contribution < -0.4 is 5.32 Å². The molecule has 0 aliphatic rings. The number of ether oxygens (including phenoxy) is 1. The fraction of sp³-hybridized carbons (Fsp3) is 0.0800. The van der Waals surface area contributed by atoms with Crippen LogP contribution in [0.3, 0.4) is 0 Å². The SMILES string of the molecule is CSc1cccc(NC(=O)COC(=O)c2cc(-c3ccccc3Cl)nc3ccccc23)c1. The summed E-state index contributed by atoms with van der Waals surface area (Å²) in [5.41, 5.74) is 2.87. The third-order valence-electron chi connectivity index (χ3n) is 4.77. The average Bonchev–Trinajstić information content (AvgIpc) is 2.82. The Labute approximate surface area is 194 Å². The minimum Gasteiger partial charge on any atom is -0.452 e. The van der Waals surface area contributed by atoms with Crippen LogP contribution in [0, 0.1) is 0 Å². The maximum atomic E-state index is 12.9. The number of hydrogen-bond acceptors (Lipinski definition) is 5. The molecule has 1 amide bonds. The predicted octanol–water partition coefficient (Wildman–Crippen LogP) is 6.07. The van der Waals surface area contributed by atoms with Crippen LogP contribution in [0.25, 0.3) is 22.2 Å². The highest BCUT2D eigenvalue weighted by atomic mass is 35.5. The molecule has 0 saturated carbocycles. The number of halogens is 1. The van der Waals surface area contributed by atoms with Gasteiger partial charge in [-0.1, -0.05) is 54.1 Å². The topological polar surface area (TPSA) is 68.3 Å². The summed E-state index contributed by atoms with van der Waals surface area (Å²) in [4.78, 5) is 30.9. The molecule has 1 heterocycles. The summed E-state index contributed by atoms with van der Waals surface area (Å²) in [5, 5.41) is 3.92. The van der Waals surface area contributed by atoms with Crippen LogP contribution in [0.5, 0.6) is 0 Å². The third kappa shape index (κ3) is 4.93. The van der Waals surface area contributed by atoms with Crippen LogP contribution in [0.15, 0.2) is 83.8 Å². The number of nitrogens with one attached hydrogen (secondary N) is 1. The summed E-state index contributed by atoms with van der Waals surface area (Å²) >= 11 is 7.91. The lowest BCUT2D eigenvalue weighted by Gasteiger charge is -2.11. The van der Waals surface area contributed by atoms with Gasteiger partial charge in [0.2, 0.25) is 0 Å². The van der Waals surface area contributed by atoms with Crippen molar-refractivity contribution >= 4 is 51.8 Å². The predicted molar refractivity (Wildman–Crippen MR) is 129 cm³/mol. The molecular formula is C25H19ClN2O3S. The van der Waals surface area contributed by atoms with Crippen molar-refractivity contribution in [3.8, 4) is 11.3 Å². The highest BCUT2D eigenvalue weighted by molar-refractivity contribution is 7.98. The van der Waals surface area contributed by atoms with Crippen LogP contribution in [0.1, 0.15) is 10.4 Å². The maximum Gasteiger partial charge on any atom is 0.339 e. The first-order chi connectivity index (χ1) is 15.5. The molecule has 0 saturated heterocycles. The molecule has 160 valence electrons. The molecule has 7 heteroatoms. The van der Waals surface area contributed by atoms with E-state index in [1.807, 2.05) is 60.9 Å². The number of carbonyl (C=O) groups is 2. The lowest BCUT2D eigenvalue weighted by atomic mass is 10.0. The van der Waals surface area contributed by atoms with E-state index in [9.17, 15) is 9.59 Å². The number of thioether (sulfide) groups is 1. The largest absolute Gasteiger partial charge is 0.452 e. The van der Waals surface area contributed by atoms with Gasteiger partial charge in [0.05, 0.1) is 16.8 Å². The zero-order chi connectivity index (χ0) is 22.5. The minimum absolute atomic E-state index is 0.322. The molecule has 0 atom stereocenters. The summed E-state index contributed by atoms with van der Waals surface area (Å²) in [6, 6.07) is 23.7. The molecule has 0 radical (unpaired) electrons. The molecular weight excluding hydrogens is 444 g/mol. The number of esters is 1. The minimum atomic E-state index is -0.607. The second-order valence-electron chi connectivity index (χ2n) is 6.91. The molecule has 1 aromatic heterocycles. The molecule has 0 fully saturated rings. The molecule has 3 aromatic carbocycles. The molecule has 1 N–H and O–H groups in total. The number of pyridine rings is 1. The fourth-order valence-electron chi connectivity index (χ4n) is 3.26. The van der Waals surface area contributed by atoms with E-state index in [1.165, 1.54) is 0 Å². The van der Waals surface area contributed by atoms with E-state index >= 15 is 0 Å². The van der Waals surface area contributed by atoms with Crippen LogP contribution in [-0.2, 0) is 9.53 Å². The molecule has 0 aliphatic heterocycles. The number of anilines is 1. The molecule has 0 bridgehead atoms. The van der Waals surface area contributed by atoms with Gasteiger partial charge in [-0.3, -0.25) is 4.79 Å². The standard InChI is InChI=1S/C25H19ClN2O3S/c1-32-17-8-6-7-16(13-17)27-24(29)15-31-25(30)20-14-23(19-10-2-4-11-21(19)26)28-22-12-5-3-9-18(20)22/h2-14H,15H2,1H3,(H,27,29). The first-order valence-corrected chi connectivity index (χ1v) is 11.4. The first-order valence-electron chi connectivity index (χ1n) is 9.81. The molecule has 4 aromatic rings. The van der Waals surface area contributed by atoms with Crippen molar-refractivity contribution in [2.45, 2.75) is 4.90 Å². The van der Waals surface area contributed by atoms with Crippen molar-refractivity contribution in [1.29, 1.82) is 0 Å². The van der Waals surface area contributed by atoms with Crippen molar-refractivity contribution < 1.29 is 14.3 Å². The second-order valence-corrected chi connectivity index (χ2v) is 8.20. The summed E-state index contributed by atoms with van der Waals surface area (Å²) in [5.74, 6) is -1.02. The van der Waals surface area contributed by atoms with Crippen LogP contribution >= 0.6 is 23.4 Å². The van der Waals surface area contributed by atoms with Crippen LogP contribution in [0.4, 0.5) is 5.69 Å². The molecule has 0 spiro atoms. The third-order valence-corrected chi connectivity index (χ3v) is 5.83. The highest BCUT2D eigenvalue weighted by Gasteiger charge is 2.17. The van der Waals surface area contributed by atoms with E-state index in [-0.39, 0.29) is 0 Å². The Balaban J connectivity index is 1.56. The van der Waals surface area contributed by atoms with Gasteiger partial charge >= 0.3 is 5.97 Å². The molecule has 4 rings (SSSR count). The summed E-state index contributed by atoms with van der Waals surface area (Å²) in [6.07, 6.45) is 1.96. The lowest BCUT2D eigenvalue weighted by molar-refractivity contribution is -0.119. The summed E-state index contributed by atoms with van der Waals surface area (Å²) in [6.45, 7) is -0.402. The van der Waals surface area contributed by atoms with Crippen molar-refractivity contribution in [2.24, 2.45) is 0 Å². The van der Waals surface area contributed by atoms with E-state index < -0.39 is 18.5 Å². The number of rotatable bonds is 6. The lowest BCUT2D eigenvalue weighted by Crippen LogP contribution is -2.21. The van der Waals surface area contributed by atoms with Crippen LogP contribution in [-0.4, -0.2) is 29.7 Å². The van der Waals surface area contributed by atoms with Crippen molar-refractivity contribution in [2.75, 3.05) is 18.2 Å². The Hall–Kier alpha value is -3.35. The van der Waals surface area contributed by atoms with Crippen molar-refractivity contribution in [3.05, 3.63) is 89.4 Å². The molecule has 32 heavy (non-hydrogen) atoms. The number of para-hydroxylation sites is 1. The van der Waals surface area contributed by atoms with Crippen molar-refractivity contribution in [1.82, 2.24) is 4.98 Å². The van der Waals surface area contributed by atoms with Gasteiger partial charge in [0.25, 0.3) is 5.91 Å². The van der Waals surface area contributed by atoms with E-state index in [2.05, 4.69) is 10.3 Å². The molecule has 0 unspecified atom stereocenters. The van der Waals surface area contributed by atoms with Gasteiger partial charge in [0, 0.05) is 26.6 Å². The van der Waals surface area contributed by atoms with Gasteiger partial charge in [-0.2, -0.15) is 0 Å². The van der Waals surface area contributed by atoms with Gasteiger partial charge < -0.3 is 10.1 Å². The van der Waals surface area contributed by atoms with Gasteiger partial charge in [0.1, 0.15) is 0 Å². The number of nitrogens with zero attached hydrogens (tertiary/aromatic N) is 1. The zero-order valence-electron chi connectivity index (χ0n) is 17.2. The number of amides is 1. The van der Waals surface area contributed by atoms with Crippen LogP contribution in [0.2, 0.25) is 5.02 Å². The highest BCUT2D eigenvalue weighted by Crippen LogP contribution is 2.30. The first kappa shape index (κ1) is 21.9. The Morgan fingerprint density at radius 2 is 1.78 bits per heavy atom. The Kier molecular flexibility index (Phi) is 6.73. The molecule has 0 aliphatic carbocycles. The van der Waals surface area contributed by atoms with Crippen molar-refractivity contribution in [3.63, 3.8) is 0 Å². The number of aromatic nitrogens is 1. The van der Waals surface area contributed by atoms with Gasteiger partial charge in [-0.15, -0.1) is 11.8 Å². The van der Waals surface area contributed by atoms with Gasteiger partial charge in [0.15, 0.2) is 6.61 Å². The maximum absolute atomic E-state index is 12.9. The molecule has 5 nitrogen and oxygen atoms in total. The van der Waals surface area contributed by atoms with Gasteiger partial charge in [-0.05, 0) is 42.7 Å². The zero-order valence-corrected chi connectivity index (χ0v) is 18.7. The van der Waals surface area contributed by atoms with E-state index in [0.29, 0.717) is 38.4 Å². The Bertz CT molecular complexity index is 1310. The van der Waals surface area contributed by atoms with E-state index in [4.69, 9.17) is 16.3 Å². The fourth-order valence-corrected chi connectivity index (χ4v) is 3.95. The summed E-state index contributed by atoms with van der Waals surface area (Å²) in [7, 11) is 0. The second kappa shape index (κ2) is 9.85. The number of hydrogen-bond donors (Lipinski definition) is 1. The average molecular weight is 463 g/mol. The summed E-state index contributed by atoms with van der Waals surface area (Å²) < 4.78 is 5.33.